The second-order valence-corrected chi connectivity index (χ2v) is 9.67. The van der Waals surface area contributed by atoms with Gasteiger partial charge in [-0.2, -0.15) is 13.2 Å². The number of ether oxygens (including phenoxy) is 2. The number of fused-ring (bicyclic) bond motifs is 1. The van der Waals surface area contributed by atoms with Gasteiger partial charge in [0, 0.05) is 23.6 Å². The number of carbonyl (C=O) groups is 1. The van der Waals surface area contributed by atoms with Crippen molar-refractivity contribution in [2.45, 2.75) is 52.4 Å². The third kappa shape index (κ3) is 7.82. The number of anilines is 1. The fourth-order valence-electron chi connectivity index (χ4n) is 3.56. The van der Waals surface area contributed by atoms with Crippen molar-refractivity contribution < 1.29 is 37.5 Å². The van der Waals surface area contributed by atoms with E-state index in [1.807, 2.05) is 0 Å². The number of halogens is 3. The maximum absolute atomic E-state index is 13.3. The van der Waals surface area contributed by atoms with Crippen LogP contribution in [0.3, 0.4) is 0 Å². The molecule has 2 aromatic carbocycles. The minimum absolute atomic E-state index is 0.0127. The fourth-order valence-corrected chi connectivity index (χ4v) is 3.56. The number of alkyl halides is 3. The van der Waals surface area contributed by atoms with E-state index in [0.29, 0.717) is 22.8 Å². The molecular formula is C25H28F3N5O6. The summed E-state index contributed by atoms with van der Waals surface area (Å²) in [6.07, 6.45) is -5.39. The molecule has 11 nitrogen and oxygen atoms in total. The van der Waals surface area contributed by atoms with Crippen LogP contribution in [-0.4, -0.2) is 44.8 Å². The van der Waals surface area contributed by atoms with Gasteiger partial charge in [-0.1, -0.05) is 0 Å². The van der Waals surface area contributed by atoms with Crippen LogP contribution in [0.4, 0.5) is 29.5 Å². The number of benzene rings is 2. The smallest absolute Gasteiger partial charge is 0.416 e. The number of phenolic OH excluding ortho intramolecular Hbond substituents is 1. The molecule has 3 aromatic rings. The topological polar surface area (TPSA) is 149 Å². The van der Waals surface area contributed by atoms with Gasteiger partial charge < -0.3 is 25.2 Å². The Balaban J connectivity index is 1.82. The monoisotopic (exact) mass is 551 g/mol. The highest BCUT2D eigenvalue weighted by Gasteiger charge is 2.33. The van der Waals surface area contributed by atoms with E-state index >= 15 is 0 Å². The van der Waals surface area contributed by atoms with Crippen molar-refractivity contribution in [1.82, 2.24) is 15.3 Å². The van der Waals surface area contributed by atoms with Crippen LogP contribution in [-0.2, 0) is 10.9 Å². The predicted octanol–water partition coefficient (Wildman–Crippen LogP) is 5.65. The highest BCUT2D eigenvalue weighted by Crippen LogP contribution is 2.37. The SMILES string of the molecule is Cc1nc(NC(C)c2cc([N+](=O)[O-])cc(C(F)(F)F)c2)c2cc(O)c(OCCNC(=O)OC(C)(C)C)cc2n1. The van der Waals surface area contributed by atoms with Gasteiger partial charge >= 0.3 is 12.3 Å². The number of aryl methyl sites for hydroxylation is 1. The number of nitro groups is 1. The predicted molar refractivity (Wildman–Crippen MR) is 136 cm³/mol. The van der Waals surface area contributed by atoms with Gasteiger partial charge in [0.05, 0.1) is 28.6 Å². The van der Waals surface area contributed by atoms with Crippen molar-refractivity contribution in [3.63, 3.8) is 0 Å². The number of aromatic nitrogens is 2. The number of rotatable bonds is 8. The van der Waals surface area contributed by atoms with Gasteiger partial charge in [0.2, 0.25) is 0 Å². The first kappa shape index (κ1) is 29.2. The molecule has 1 atom stereocenters. The van der Waals surface area contributed by atoms with E-state index in [-0.39, 0.29) is 36.0 Å². The highest BCUT2D eigenvalue weighted by molar-refractivity contribution is 5.91. The molecule has 0 radical (unpaired) electrons. The summed E-state index contributed by atoms with van der Waals surface area (Å²) in [6.45, 7) is 8.43. The molecule has 0 aliphatic rings. The van der Waals surface area contributed by atoms with E-state index in [1.165, 1.54) is 19.1 Å². The van der Waals surface area contributed by atoms with Gasteiger partial charge in [0.15, 0.2) is 11.5 Å². The number of hydrogen-bond donors (Lipinski definition) is 3. The van der Waals surface area contributed by atoms with Crippen LogP contribution in [0.5, 0.6) is 11.5 Å². The largest absolute Gasteiger partial charge is 0.504 e. The molecule has 0 bridgehead atoms. The molecule has 14 heteroatoms. The molecule has 0 saturated heterocycles. The zero-order chi connectivity index (χ0) is 29.1. The van der Waals surface area contributed by atoms with E-state index in [9.17, 15) is 33.2 Å². The molecule has 39 heavy (non-hydrogen) atoms. The zero-order valence-electron chi connectivity index (χ0n) is 21.8. The summed E-state index contributed by atoms with van der Waals surface area (Å²) in [5.41, 5.74) is -2.12. The molecule has 1 unspecified atom stereocenters. The van der Waals surface area contributed by atoms with Crippen LogP contribution in [0, 0.1) is 17.0 Å². The molecule has 1 amide bonds. The van der Waals surface area contributed by atoms with Crippen molar-refractivity contribution in [3.05, 3.63) is 57.4 Å². The van der Waals surface area contributed by atoms with Crippen molar-refractivity contribution >= 4 is 28.5 Å². The van der Waals surface area contributed by atoms with Crippen molar-refractivity contribution in [2.75, 3.05) is 18.5 Å². The fraction of sp³-hybridized carbons (Fsp3) is 0.400. The zero-order valence-corrected chi connectivity index (χ0v) is 21.8. The summed E-state index contributed by atoms with van der Waals surface area (Å²) in [5.74, 6) is 0.325. The number of nitrogens with one attached hydrogen (secondary N) is 2. The summed E-state index contributed by atoms with van der Waals surface area (Å²) < 4.78 is 50.7. The van der Waals surface area contributed by atoms with Gasteiger partial charge in [-0.25, -0.2) is 14.8 Å². The van der Waals surface area contributed by atoms with Crippen LogP contribution in [0.1, 0.15) is 50.7 Å². The third-order valence-corrected chi connectivity index (χ3v) is 5.25. The second kappa shape index (κ2) is 11.2. The first-order chi connectivity index (χ1) is 18.0. The summed E-state index contributed by atoms with van der Waals surface area (Å²) in [7, 11) is 0. The number of phenols is 1. The van der Waals surface area contributed by atoms with Crippen LogP contribution >= 0.6 is 0 Å². The van der Waals surface area contributed by atoms with Crippen LogP contribution in [0.25, 0.3) is 10.9 Å². The summed E-state index contributed by atoms with van der Waals surface area (Å²) in [6, 6.07) is 4.31. The molecule has 0 aliphatic carbocycles. The number of amides is 1. The van der Waals surface area contributed by atoms with E-state index in [2.05, 4.69) is 20.6 Å². The number of non-ortho nitro benzene ring substituents is 1. The first-order valence-electron chi connectivity index (χ1n) is 11.8. The van der Waals surface area contributed by atoms with Crippen molar-refractivity contribution in [3.8, 4) is 11.5 Å². The molecule has 210 valence electrons. The van der Waals surface area contributed by atoms with Crippen LogP contribution < -0.4 is 15.4 Å². The second-order valence-electron chi connectivity index (χ2n) is 9.67. The standard InChI is InChI=1S/C25H28F3N5O6/c1-13(15-8-16(25(26,27)28)10-17(9-15)33(36)37)30-22-18-11-20(34)21(12-19(18)31-14(2)32-22)38-7-6-29-23(35)39-24(3,4)5/h8-13,34H,6-7H2,1-5H3,(H,29,35)(H,30,31,32). The van der Waals surface area contributed by atoms with Crippen molar-refractivity contribution in [2.24, 2.45) is 0 Å². The Labute approximate surface area is 221 Å². The number of nitro benzene ring substituents is 1. The Morgan fingerprint density at radius 2 is 1.85 bits per heavy atom. The molecule has 0 fully saturated rings. The van der Waals surface area contributed by atoms with Gasteiger partial charge in [-0.3, -0.25) is 10.1 Å². The number of nitrogens with zero attached hydrogens (tertiary/aromatic N) is 3. The van der Waals surface area contributed by atoms with Gasteiger partial charge in [0.1, 0.15) is 23.9 Å². The molecule has 3 rings (SSSR count). The normalized spacial score (nSPS) is 12.6. The maximum atomic E-state index is 13.3. The van der Waals surface area contributed by atoms with E-state index in [1.54, 1.807) is 27.7 Å². The lowest BCUT2D eigenvalue weighted by atomic mass is 10.0. The average Bonchev–Trinajstić information content (AvgIpc) is 2.80. The maximum Gasteiger partial charge on any atom is 0.416 e. The van der Waals surface area contributed by atoms with Gasteiger partial charge in [-0.15, -0.1) is 0 Å². The molecule has 3 N–H and O–H groups in total. The Morgan fingerprint density at radius 3 is 2.46 bits per heavy atom. The van der Waals surface area contributed by atoms with Crippen molar-refractivity contribution in [1.29, 1.82) is 0 Å². The Morgan fingerprint density at radius 1 is 1.15 bits per heavy atom. The Hall–Kier alpha value is -4.36. The van der Waals surface area contributed by atoms with E-state index < -0.39 is 40.1 Å². The molecule has 0 spiro atoms. The summed E-state index contributed by atoms with van der Waals surface area (Å²) >= 11 is 0. The lowest BCUT2D eigenvalue weighted by Crippen LogP contribution is -2.34. The third-order valence-electron chi connectivity index (χ3n) is 5.25. The number of hydrogen-bond acceptors (Lipinski definition) is 9. The molecule has 0 aliphatic heterocycles. The minimum atomic E-state index is -4.77. The van der Waals surface area contributed by atoms with Crippen LogP contribution in [0.15, 0.2) is 30.3 Å². The average molecular weight is 552 g/mol. The lowest BCUT2D eigenvalue weighted by molar-refractivity contribution is -0.385. The lowest BCUT2D eigenvalue weighted by Gasteiger charge is -2.20. The van der Waals surface area contributed by atoms with E-state index in [4.69, 9.17) is 9.47 Å². The number of aromatic hydroxyl groups is 1. The van der Waals surface area contributed by atoms with Gasteiger partial charge in [0.25, 0.3) is 5.69 Å². The number of carbonyl (C=O) groups excluding carboxylic acids is 1. The number of alkyl carbamates (subject to hydrolysis) is 1. The minimum Gasteiger partial charge on any atom is -0.504 e. The Kier molecular flexibility index (Phi) is 8.36. The Bertz CT molecular complexity index is 1390. The van der Waals surface area contributed by atoms with E-state index in [0.717, 1.165) is 12.1 Å². The first-order valence-corrected chi connectivity index (χ1v) is 11.8. The molecule has 1 heterocycles. The molecule has 0 saturated carbocycles. The molecule has 1 aromatic heterocycles. The van der Waals surface area contributed by atoms with Gasteiger partial charge in [-0.05, 0) is 52.3 Å². The highest BCUT2D eigenvalue weighted by atomic mass is 19.4. The quantitative estimate of drug-likeness (QED) is 0.183. The molecular weight excluding hydrogens is 523 g/mol. The summed E-state index contributed by atoms with van der Waals surface area (Å²) in [4.78, 5) is 30.7. The summed E-state index contributed by atoms with van der Waals surface area (Å²) in [5, 5.41) is 27.6. The van der Waals surface area contributed by atoms with Crippen LogP contribution in [0.2, 0.25) is 0 Å².